The highest BCUT2D eigenvalue weighted by Gasteiger charge is 2.48. The summed E-state index contributed by atoms with van der Waals surface area (Å²) in [6.07, 6.45) is 1.01. The number of rotatable bonds is 4. The molecule has 1 aromatic rings. The zero-order valence-corrected chi connectivity index (χ0v) is 15.7. The normalized spacial score (nSPS) is 23.0. The predicted octanol–water partition coefficient (Wildman–Crippen LogP) is 4.14. The van der Waals surface area contributed by atoms with Gasteiger partial charge in [0.2, 0.25) is 0 Å². The Morgan fingerprint density at radius 1 is 1.27 bits per heavy atom. The smallest absolute Gasteiger partial charge is 0.410 e. The fourth-order valence-electron chi connectivity index (χ4n) is 3.32. The van der Waals surface area contributed by atoms with Gasteiger partial charge in [-0.05, 0) is 32.4 Å². The average molecular weight is 384 g/mol. The van der Waals surface area contributed by atoms with E-state index in [4.69, 9.17) is 21.1 Å². The summed E-state index contributed by atoms with van der Waals surface area (Å²) in [5, 5.41) is 0.349. The molecule has 1 aliphatic carbocycles. The number of hydrogen-bond donors (Lipinski definition) is 0. The Labute approximate surface area is 157 Å². The van der Waals surface area contributed by atoms with Crippen LogP contribution in [0.4, 0.5) is 9.18 Å². The predicted molar refractivity (Wildman–Crippen MR) is 94.6 cm³/mol. The molecule has 0 N–H and O–H groups in total. The molecule has 2 fully saturated rings. The Hall–Kier alpha value is -1.82. The zero-order valence-electron chi connectivity index (χ0n) is 14.9. The Kier molecular flexibility index (Phi) is 5.70. The van der Waals surface area contributed by atoms with Gasteiger partial charge in [-0.15, -0.1) is 0 Å². The molecule has 26 heavy (non-hydrogen) atoms. The van der Waals surface area contributed by atoms with Crippen LogP contribution in [0.15, 0.2) is 18.2 Å². The van der Waals surface area contributed by atoms with E-state index in [0.29, 0.717) is 42.9 Å². The van der Waals surface area contributed by atoms with Gasteiger partial charge in [0.25, 0.3) is 0 Å². The number of halogens is 2. The fourth-order valence-corrected chi connectivity index (χ4v) is 3.63. The van der Waals surface area contributed by atoms with Gasteiger partial charge in [-0.1, -0.05) is 17.7 Å². The van der Waals surface area contributed by atoms with Crippen LogP contribution in [0.1, 0.15) is 44.6 Å². The van der Waals surface area contributed by atoms with Crippen LogP contribution < -0.4 is 0 Å². The molecule has 0 aromatic heterocycles. The van der Waals surface area contributed by atoms with Gasteiger partial charge in [-0.2, -0.15) is 0 Å². The molecule has 2 aliphatic rings. The molecule has 0 bridgehead atoms. The molecule has 1 heterocycles. The maximum atomic E-state index is 14.0. The largest absolute Gasteiger partial charge is 0.462 e. The number of ether oxygens (including phenoxy) is 2. The molecule has 1 saturated heterocycles. The van der Waals surface area contributed by atoms with Crippen molar-refractivity contribution < 1.29 is 23.5 Å². The SMILES string of the molecule is CC(C)OC(=O)N1CCC(OC(=O)C2CC2c2c(F)cccc2Cl)CC1. The minimum absolute atomic E-state index is 0.157. The molecule has 142 valence electrons. The van der Waals surface area contributed by atoms with E-state index < -0.39 is 0 Å². The lowest BCUT2D eigenvalue weighted by atomic mass is 10.1. The van der Waals surface area contributed by atoms with Crippen LogP contribution in [0.3, 0.4) is 0 Å². The number of carbonyl (C=O) groups excluding carboxylic acids is 2. The number of nitrogens with zero attached hydrogens (tertiary/aromatic N) is 1. The Bertz CT molecular complexity index is 668. The van der Waals surface area contributed by atoms with Gasteiger partial charge in [0.05, 0.1) is 12.0 Å². The van der Waals surface area contributed by atoms with Crippen LogP contribution in [0, 0.1) is 11.7 Å². The van der Waals surface area contributed by atoms with Gasteiger partial charge in [-0.25, -0.2) is 9.18 Å². The summed E-state index contributed by atoms with van der Waals surface area (Å²) in [5.41, 5.74) is 0.405. The van der Waals surface area contributed by atoms with Crippen molar-refractivity contribution in [3.63, 3.8) is 0 Å². The van der Waals surface area contributed by atoms with Crippen LogP contribution in [-0.2, 0) is 14.3 Å². The number of likely N-dealkylation sites (tertiary alicyclic amines) is 1. The molecule has 0 spiro atoms. The van der Waals surface area contributed by atoms with Crippen molar-refractivity contribution in [3.8, 4) is 0 Å². The van der Waals surface area contributed by atoms with Crippen molar-refractivity contribution in [1.29, 1.82) is 0 Å². The van der Waals surface area contributed by atoms with E-state index in [1.54, 1.807) is 30.9 Å². The minimum Gasteiger partial charge on any atom is -0.462 e. The van der Waals surface area contributed by atoms with Crippen molar-refractivity contribution in [2.24, 2.45) is 5.92 Å². The molecule has 2 atom stereocenters. The summed E-state index contributed by atoms with van der Waals surface area (Å²) >= 11 is 6.07. The Balaban J connectivity index is 1.48. The van der Waals surface area contributed by atoms with Crippen LogP contribution in [0.25, 0.3) is 0 Å². The Morgan fingerprint density at radius 2 is 1.96 bits per heavy atom. The van der Waals surface area contributed by atoms with E-state index in [2.05, 4.69) is 0 Å². The topological polar surface area (TPSA) is 55.8 Å². The van der Waals surface area contributed by atoms with Gasteiger partial charge >= 0.3 is 12.1 Å². The number of benzene rings is 1. The molecule has 7 heteroatoms. The zero-order chi connectivity index (χ0) is 18.8. The Morgan fingerprint density at radius 3 is 2.58 bits per heavy atom. The number of carbonyl (C=O) groups is 2. The highest BCUT2D eigenvalue weighted by Crippen LogP contribution is 2.51. The molecule has 1 aromatic carbocycles. The van der Waals surface area contributed by atoms with Crippen LogP contribution >= 0.6 is 11.6 Å². The minimum atomic E-state index is -0.380. The van der Waals surface area contributed by atoms with Gasteiger partial charge in [0, 0.05) is 42.4 Å². The maximum absolute atomic E-state index is 14.0. The molecular formula is C19H23ClFNO4. The standard InChI is InChI=1S/C19H23ClFNO4/c1-11(2)25-19(24)22-8-6-12(7-9-22)26-18(23)14-10-13(14)17-15(20)4-3-5-16(17)21/h3-5,11-14H,6-10H2,1-2H3. The van der Waals surface area contributed by atoms with Crippen LogP contribution in [0.5, 0.6) is 0 Å². The van der Waals surface area contributed by atoms with E-state index in [-0.39, 0.29) is 41.9 Å². The van der Waals surface area contributed by atoms with Crippen LogP contribution in [-0.4, -0.2) is 42.3 Å². The van der Waals surface area contributed by atoms with Crippen molar-refractivity contribution in [2.45, 2.75) is 51.2 Å². The molecular weight excluding hydrogens is 361 g/mol. The summed E-state index contributed by atoms with van der Waals surface area (Å²) in [7, 11) is 0. The monoisotopic (exact) mass is 383 g/mol. The van der Waals surface area contributed by atoms with E-state index in [1.165, 1.54) is 6.07 Å². The second kappa shape index (κ2) is 7.82. The number of amides is 1. The van der Waals surface area contributed by atoms with Crippen molar-refractivity contribution in [1.82, 2.24) is 4.90 Å². The van der Waals surface area contributed by atoms with Gasteiger partial charge < -0.3 is 14.4 Å². The summed E-state index contributed by atoms with van der Waals surface area (Å²) in [6, 6.07) is 4.54. The van der Waals surface area contributed by atoms with Gasteiger partial charge in [0.15, 0.2) is 0 Å². The highest BCUT2D eigenvalue weighted by molar-refractivity contribution is 6.31. The third kappa shape index (κ3) is 4.29. The van der Waals surface area contributed by atoms with Crippen molar-refractivity contribution in [2.75, 3.05) is 13.1 Å². The molecule has 5 nitrogen and oxygen atoms in total. The number of piperidine rings is 1. The van der Waals surface area contributed by atoms with E-state index in [1.807, 2.05) is 0 Å². The lowest BCUT2D eigenvalue weighted by molar-refractivity contribution is -0.152. The average Bonchev–Trinajstić information content (AvgIpc) is 3.35. The summed E-state index contributed by atoms with van der Waals surface area (Å²) in [5.74, 6) is -1.24. The van der Waals surface area contributed by atoms with E-state index in [0.717, 1.165) is 0 Å². The third-order valence-corrected chi connectivity index (χ3v) is 5.11. The molecule has 3 rings (SSSR count). The molecule has 0 radical (unpaired) electrons. The summed E-state index contributed by atoms with van der Waals surface area (Å²) in [4.78, 5) is 25.8. The summed E-state index contributed by atoms with van der Waals surface area (Å²) in [6.45, 7) is 4.61. The first-order chi connectivity index (χ1) is 12.4. The van der Waals surface area contributed by atoms with E-state index in [9.17, 15) is 14.0 Å². The molecule has 2 unspecified atom stereocenters. The lowest BCUT2D eigenvalue weighted by Crippen LogP contribution is -2.42. The second-order valence-electron chi connectivity index (χ2n) is 7.14. The quantitative estimate of drug-likeness (QED) is 0.733. The molecule has 1 aliphatic heterocycles. The summed E-state index contributed by atoms with van der Waals surface area (Å²) < 4.78 is 24.7. The van der Waals surface area contributed by atoms with Crippen molar-refractivity contribution in [3.05, 3.63) is 34.6 Å². The number of hydrogen-bond acceptors (Lipinski definition) is 4. The fraction of sp³-hybridized carbons (Fsp3) is 0.579. The molecule has 1 amide bonds. The van der Waals surface area contributed by atoms with Crippen LogP contribution in [0.2, 0.25) is 5.02 Å². The van der Waals surface area contributed by atoms with Gasteiger partial charge in [-0.3, -0.25) is 4.79 Å². The third-order valence-electron chi connectivity index (χ3n) is 4.78. The van der Waals surface area contributed by atoms with Gasteiger partial charge in [0.1, 0.15) is 11.9 Å². The van der Waals surface area contributed by atoms with E-state index >= 15 is 0 Å². The highest BCUT2D eigenvalue weighted by atomic mass is 35.5. The first-order valence-electron chi connectivity index (χ1n) is 8.96. The molecule has 1 saturated carbocycles. The maximum Gasteiger partial charge on any atom is 0.410 e. The number of esters is 1. The van der Waals surface area contributed by atoms with Crippen molar-refractivity contribution >= 4 is 23.7 Å². The lowest BCUT2D eigenvalue weighted by Gasteiger charge is -2.31. The first-order valence-corrected chi connectivity index (χ1v) is 9.34. The second-order valence-corrected chi connectivity index (χ2v) is 7.55. The first kappa shape index (κ1) is 19.0.